The molecule has 0 spiro atoms. The van der Waals surface area contributed by atoms with E-state index >= 15 is 0 Å². The highest BCUT2D eigenvalue weighted by Gasteiger charge is 2.30. The summed E-state index contributed by atoms with van der Waals surface area (Å²) in [5.41, 5.74) is 6.94. The monoisotopic (exact) mass is 612 g/mol. The third-order valence-corrected chi connectivity index (χ3v) is 7.85. The molecule has 3 aromatic rings. The molecule has 0 radical (unpaired) electrons. The van der Waals surface area contributed by atoms with Crippen molar-refractivity contribution in [3.05, 3.63) is 94.5 Å². The van der Waals surface area contributed by atoms with E-state index in [-0.39, 0.29) is 23.3 Å². The molecular weight excluding hydrogens is 576 g/mol. The van der Waals surface area contributed by atoms with Crippen LogP contribution in [0.15, 0.2) is 66.7 Å². The van der Waals surface area contributed by atoms with Crippen molar-refractivity contribution in [1.82, 2.24) is 20.6 Å². The maximum Gasteiger partial charge on any atom is 0.336 e. The lowest BCUT2D eigenvalue weighted by molar-refractivity contribution is -0.122. The van der Waals surface area contributed by atoms with Crippen LogP contribution in [-0.2, 0) is 14.4 Å². The Morgan fingerprint density at radius 3 is 2.29 bits per heavy atom. The first-order chi connectivity index (χ1) is 21.7. The highest BCUT2D eigenvalue weighted by Crippen LogP contribution is 2.39. The zero-order valence-corrected chi connectivity index (χ0v) is 25.2. The summed E-state index contributed by atoms with van der Waals surface area (Å²) in [7, 11) is 1.63. The number of nitrogens with zero attached hydrogens (tertiary/aromatic N) is 2. The number of aromatic carboxylic acids is 1. The molecular formula is C33H36N6O6. The maximum absolute atomic E-state index is 13.2. The van der Waals surface area contributed by atoms with Gasteiger partial charge in [0.05, 0.1) is 35.7 Å². The fourth-order valence-electron chi connectivity index (χ4n) is 5.34. The Morgan fingerprint density at radius 2 is 1.62 bits per heavy atom. The standard InChI is InChI=1S/C33H36N6O6/c1-21-18-26-27(19-25(21)33(43)44)36-32(42)29(26)30(22-6-4-3-5-7-22)35-24-10-8-23(9-11-24)31(41)37-45-17-16-38-12-14-39(15-13-38)20-28(40)34-2/h3-11,18-19,35H,12-17,20H2,1-2H3,(H,34,40)(H,36,42)(H,37,41)(H,43,44)/b30-29-. The van der Waals surface area contributed by atoms with Gasteiger partial charge in [0.1, 0.15) is 0 Å². The van der Waals surface area contributed by atoms with E-state index in [2.05, 4.69) is 31.2 Å². The van der Waals surface area contributed by atoms with E-state index in [1.165, 1.54) is 6.07 Å². The number of carboxylic acids is 1. The molecule has 12 nitrogen and oxygen atoms in total. The number of hydroxylamine groups is 1. The topological polar surface area (TPSA) is 152 Å². The minimum Gasteiger partial charge on any atom is -0.478 e. The van der Waals surface area contributed by atoms with Gasteiger partial charge in [0.15, 0.2) is 0 Å². The molecule has 3 aromatic carbocycles. The number of likely N-dealkylation sites (N-methyl/N-ethyl adjacent to an activating group) is 1. The average molecular weight is 613 g/mol. The number of amides is 3. The number of aryl methyl sites for hydroxylation is 1. The number of hydrogen-bond acceptors (Lipinski definition) is 8. The largest absolute Gasteiger partial charge is 0.478 e. The molecule has 45 heavy (non-hydrogen) atoms. The van der Waals surface area contributed by atoms with Crippen LogP contribution in [0, 0.1) is 6.92 Å². The van der Waals surface area contributed by atoms with Crippen molar-refractivity contribution >= 4 is 46.3 Å². The van der Waals surface area contributed by atoms with Gasteiger partial charge in [0.2, 0.25) is 5.91 Å². The lowest BCUT2D eigenvalue weighted by Gasteiger charge is -2.33. The Morgan fingerprint density at radius 1 is 0.933 bits per heavy atom. The summed E-state index contributed by atoms with van der Waals surface area (Å²) < 4.78 is 0. The van der Waals surface area contributed by atoms with E-state index in [0.717, 1.165) is 31.7 Å². The number of carbonyl (C=O) groups excluding carboxylic acids is 3. The van der Waals surface area contributed by atoms with Gasteiger partial charge in [-0.25, -0.2) is 10.3 Å². The molecule has 12 heteroatoms. The number of carboxylic acid groups (broad SMARTS) is 1. The molecule has 3 amide bonds. The van der Waals surface area contributed by atoms with Crippen molar-refractivity contribution in [1.29, 1.82) is 0 Å². The minimum atomic E-state index is -1.06. The molecule has 0 bridgehead atoms. The fourth-order valence-corrected chi connectivity index (χ4v) is 5.34. The first kappa shape index (κ1) is 31.4. The van der Waals surface area contributed by atoms with Gasteiger partial charge in [-0.1, -0.05) is 30.3 Å². The van der Waals surface area contributed by atoms with Crippen LogP contribution < -0.4 is 21.4 Å². The fraction of sp³-hybridized carbons (Fsp3) is 0.273. The second kappa shape index (κ2) is 14.2. The molecule has 1 fully saturated rings. The molecule has 2 heterocycles. The second-order valence-corrected chi connectivity index (χ2v) is 10.9. The summed E-state index contributed by atoms with van der Waals surface area (Å²) in [6.45, 7) is 6.31. The van der Waals surface area contributed by atoms with Crippen LogP contribution in [0.25, 0.3) is 11.3 Å². The molecule has 0 unspecified atom stereocenters. The van der Waals surface area contributed by atoms with E-state index in [0.29, 0.717) is 59.0 Å². The van der Waals surface area contributed by atoms with Gasteiger partial charge in [-0.05, 0) is 54.4 Å². The van der Waals surface area contributed by atoms with Crippen molar-refractivity contribution < 1.29 is 29.1 Å². The summed E-state index contributed by atoms with van der Waals surface area (Å²) in [6.07, 6.45) is 0. The van der Waals surface area contributed by atoms with Crippen LogP contribution in [0.3, 0.4) is 0 Å². The van der Waals surface area contributed by atoms with Crippen molar-refractivity contribution in [2.24, 2.45) is 0 Å². The molecule has 234 valence electrons. The van der Waals surface area contributed by atoms with E-state index in [4.69, 9.17) is 4.84 Å². The van der Waals surface area contributed by atoms with Crippen LogP contribution >= 0.6 is 0 Å². The number of piperazine rings is 1. The van der Waals surface area contributed by atoms with Crippen LogP contribution in [0.5, 0.6) is 0 Å². The Bertz CT molecular complexity index is 1610. The summed E-state index contributed by atoms with van der Waals surface area (Å²) in [4.78, 5) is 58.9. The Labute approximate surface area is 261 Å². The van der Waals surface area contributed by atoms with Gasteiger partial charge in [-0.15, -0.1) is 0 Å². The van der Waals surface area contributed by atoms with Gasteiger partial charge in [0, 0.05) is 56.6 Å². The summed E-state index contributed by atoms with van der Waals surface area (Å²) >= 11 is 0. The molecule has 5 N–H and O–H groups in total. The second-order valence-electron chi connectivity index (χ2n) is 10.9. The highest BCUT2D eigenvalue weighted by atomic mass is 16.7. The number of nitrogens with one attached hydrogen (secondary N) is 4. The molecule has 2 aliphatic rings. The minimum absolute atomic E-state index is 0.00615. The van der Waals surface area contributed by atoms with Gasteiger partial charge in [-0.3, -0.25) is 29.0 Å². The van der Waals surface area contributed by atoms with Gasteiger partial charge < -0.3 is 21.1 Å². The molecule has 1 saturated heterocycles. The van der Waals surface area contributed by atoms with E-state index < -0.39 is 5.97 Å². The third kappa shape index (κ3) is 7.55. The van der Waals surface area contributed by atoms with Gasteiger partial charge in [-0.2, -0.15) is 0 Å². The first-order valence-corrected chi connectivity index (χ1v) is 14.7. The zero-order chi connectivity index (χ0) is 31.9. The first-order valence-electron chi connectivity index (χ1n) is 14.7. The van der Waals surface area contributed by atoms with Crippen molar-refractivity contribution in [3.8, 4) is 0 Å². The van der Waals surface area contributed by atoms with E-state index in [9.17, 15) is 24.3 Å². The smallest absolute Gasteiger partial charge is 0.336 e. The SMILES string of the molecule is CNC(=O)CN1CCN(CCONC(=O)c2ccc(N/C(=C3\C(=O)Nc4cc(C(=O)O)c(C)cc43)c3ccccc3)cc2)CC1. The number of carbonyl (C=O) groups is 4. The summed E-state index contributed by atoms with van der Waals surface area (Å²) in [5, 5.41) is 18.3. The lowest BCUT2D eigenvalue weighted by Crippen LogP contribution is -2.50. The Hall–Kier alpha value is -5.04. The van der Waals surface area contributed by atoms with Crippen LogP contribution in [0.4, 0.5) is 11.4 Å². The summed E-state index contributed by atoms with van der Waals surface area (Å²) in [6, 6.07) is 19.3. The summed E-state index contributed by atoms with van der Waals surface area (Å²) in [5.74, 6) is -1.79. The molecule has 5 rings (SSSR count). The molecule has 0 aliphatic carbocycles. The Kier molecular flexibility index (Phi) is 9.88. The van der Waals surface area contributed by atoms with Crippen LogP contribution in [0.2, 0.25) is 0 Å². The number of rotatable bonds is 11. The zero-order valence-electron chi connectivity index (χ0n) is 25.2. The lowest BCUT2D eigenvalue weighted by atomic mass is 9.96. The third-order valence-electron chi connectivity index (χ3n) is 7.85. The predicted octanol–water partition coefficient (Wildman–Crippen LogP) is 2.65. The maximum atomic E-state index is 13.2. The van der Waals surface area contributed by atoms with Crippen molar-refractivity contribution in [2.75, 3.05) is 63.6 Å². The van der Waals surface area contributed by atoms with E-state index in [1.54, 1.807) is 44.3 Å². The average Bonchev–Trinajstić information content (AvgIpc) is 3.36. The van der Waals surface area contributed by atoms with Crippen molar-refractivity contribution in [3.63, 3.8) is 0 Å². The van der Waals surface area contributed by atoms with E-state index in [1.807, 2.05) is 30.3 Å². The van der Waals surface area contributed by atoms with Gasteiger partial charge in [0.25, 0.3) is 11.8 Å². The molecule has 0 aromatic heterocycles. The Balaban J connectivity index is 1.22. The number of fused-ring (bicyclic) bond motifs is 1. The van der Waals surface area contributed by atoms with Crippen molar-refractivity contribution in [2.45, 2.75) is 6.92 Å². The van der Waals surface area contributed by atoms with Crippen LogP contribution in [0.1, 0.15) is 37.4 Å². The highest BCUT2D eigenvalue weighted by molar-refractivity contribution is 6.37. The van der Waals surface area contributed by atoms with Crippen LogP contribution in [-0.4, -0.2) is 91.5 Å². The molecule has 0 atom stereocenters. The molecule has 2 aliphatic heterocycles. The normalized spacial score (nSPS) is 16.0. The molecule has 0 saturated carbocycles. The number of anilines is 2. The predicted molar refractivity (Wildman–Crippen MR) is 170 cm³/mol. The number of benzene rings is 3. The quantitative estimate of drug-likeness (QED) is 0.125. The number of hydrogen-bond donors (Lipinski definition) is 5. The van der Waals surface area contributed by atoms with Gasteiger partial charge >= 0.3 is 5.97 Å².